The Bertz CT molecular complexity index is 977. The zero-order valence-electron chi connectivity index (χ0n) is 15.2. The van der Waals surface area contributed by atoms with Crippen LogP contribution in [0.3, 0.4) is 0 Å². The van der Waals surface area contributed by atoms with E-state index in [0.717, 1.165) is 12.8 Å². The number of esters is 1. The third-order valence-electron chi connectivity index (χ3n) is 4.38. The molecule has 0 amide bonds. The van der Waals surface area contributed by atoms with Crippen LogP contribution in [0.4, 0.5) is 8.78 Å². The summed E-state index contributed by atoms with van der Waals surface area (Å²) in [5, 5.41) is 0.0658. The molecule has 156 valence electrons. The van der Waals surface area contributed by atoms with Crippen LogP contribution in [0.25, 0.3) is 0 Å². The Morgan fingerprint density at radius 2 is 1.76 bits per heavy atom. The van der Waals surface area contributed by atoms with Gasteiger partial charge in [-0.2, -0.15) is 13.1 Å². The van der Waals surface area contributed by atoms with Crippen LogP contribution in [0, 0.1) is 0 Å². The first-order chi connectivity index (χ1) is 13.8. The zero-order valence-corrected chi connectivity index (χ0v) is 16.8. The number of halogens is 3. The molecule has 29 heavy (non-hydrogen) atoms. The van der Waals surface area contributed by atoms with Crippen LogP contribution in [0.2, 0.25) is 5.02 Å². The molecule has 3 rings (SSSR count). The van der Waals surface area contributed by atoms with Gasteiger partial charge in [0, 0.05) is 13.1 Å². The number of carbonyl (C=O) groups excluding carboxylic acids is 1. The first kappa shape index (κ1) is 21.5. The van der Waals surface area contributed by atoms with Crippen molar-refractivity contribution in [3.63, 3.8) is 0 Å². The molecule has 0 spiro atoms. The normalized spacial score (nSPS) is 14.9. The molecule has 10 heteroatoms. The number of alkyl halides is 2. The third kappa shape index (κ3) is 5.23. The number of rotatable bonds is 7. The Morgan fingerprint density at radius 1 is 1.10 bits per heavy atom. The van der Waals surface area contributed by atoms with E-state index in [1.54, 1.807) is 0 Å². The molecule has 0 unspecified atom stereocenters. The molecule has 2 aromatic rings. The fraction of sp³-hybridized carbons (Fsp3) is 0.316. The summed E-state index contributed by atoms with van der Waals surface area (Å²) >= 11 is 6.05. The first-order valence-corrected chi connectivity index (χ1v) is 10.6. The second-order valence-electron chi connectivity index (χ2n) is 6.35. The third-order valence-corrected chi connectivity index (χ3v) is 6.60. The number of ether oxygens (including phenoxy) is 2. The van der Waals surface area contributed by atoms with Crippen molar-refractivity contribution in [3.8, 4) is 5.75 Å². The van der Waals surface area contributed by atoms with Crippen molar-refractivity contribution in [2.75, 3.05) is 13.1 Å². The molecule has 2 aromatic carbocycles. The van der Waals surface area contributed by atoms with E-state index in [0.29, 0.717) is 18.7 Å². The summed E-state index contributed by atoms with van der Waals surface area (Å²) in [6.45, 7) is -2.19. The molecule has 0 aliphatic carbocycles. The average molecular weight is 446 g/mol. The van der Waals surface area contributed by atoms with E-state index in [4.69, 9.17) is 16.3 Å². The Morgan fingerprint density at radius 3 is 2.38 bits per heavy atom. The standard InChI is InChI=1S/C19H18ClF2NO5S/c20-17-8-7-15(29(25,26)23-9-1-2-10-23)11-16(17)18(24)27-12-13-3-5-14(6-4-13)28-19(21)22/h3-8,11,19H,1-2,9-10,12H2. The number of nitrogens with zero attached hydrogens (tertiary/aromatic N) is 1. The molecule has 0 N–H and O–H groups in total. The van der Waals surface area contributed by atoms with Crippen LogP contribution in [-0.2, 0) is 21.4 Å². The molecule has 0 atom stereocenters. The Balaban J connectivity index is 1.70. The van der Waals surface area contributed by atoms with E-state index in [1.807, 2.05) is 0 Å². The van der Waals surface area contributed by atoms with Gasteiger partial charge in [0.15, 0.2) is 0 Å². The number of hydrogen-bond acceptors (Lipinski definition) is 5. The van der Waals surface area contributed by atoms with Gasteiger partial charge >= 0.3 is 12.6 Å². The lowest BCUT2D eigenvalue weighted by Gasteiger charge is -2.16. The predicted molar refractivity (Wildman–Crippen MR) is 102 cm³/mol. The van der Waals surface area contributed by atoms with Gasteiger partial charge in [-0.15, -0.1) is 0 Å². The van der Waals surface area contributed by atoms with Crippen molar-refractivity contribution >= 4 is 27.6 Å². The molecule has 0 saturated carbocycles. The number of hydrogen-bond donors (Lipinski definition) is 0. The summed E-state index contributed by atoms with van der Waals surface area (Å²) in [6, 6.07) is 9.50. The minimum atomic E-state index is -3.70. The van der Waals surface area contributed by atoms with Gasteiger partial charge in [0.2, 0.25) is 10.0 Å². The van der Waals surface area contributed by atoms with Crippen LogP contribution in [0.5, 0.6) is 5.75 Å². The van der Waals surface area contributed by atoms with Crippen molar-refractivity contribution in [2.24, 2.45) is 0 Å². The van der Waals surface area contributed by atoms with Gasteiger partial charge in [-0.05, 0) is 48.7 Å². The number of carbonyl (C=O) groups is 1. The van der Waals surface area contributed by atoms with Gasteiger partial charge in [-0.1, -0.05) is 23.7 Å². The molecule has 1 fully saturated rings. The molecular formula is C19H18ClF2NO5S. The molecule has 1 heterocycles. The van der Waals surface area contributed by atoms with Crippen molar-refractivity contribution in [1.29, 1.82) is 0 Å². The lowest BCUT2D eigenvalue weighted by Crippen LogP contribution is -2.28. The minimum absolute atomic E-state index is 0.0158. The largest absolute Gasteiger partial charge is 0.457 e. The maximum atomic E-state index is 12.7. The maximum Gasteiger partial charge on any atom is 0.387 e. The van der Waals surface area contributed by atoms with Crippen molar-refractivity contribution in [1.82, 2.24) is 4.31 Å². The Labute approximate surface area is 172 Å². The highest BCUT2D eigenvalue weighted by Gasteiger charge is 2.28. The average Bonchev–Trinajstić information content (AvgIpc) is 3.22. The SMILES string of the molecule is O=C(OCc1ccc(OC(F)F)cc1)c1cc(S(=O)(=O)N2CCCC2)ccc1Cl. The summed E-state index contributed by atoms with van der Waals surface area (Å²) in [4.78, 5) is 12.4. The van der Waals surface area contributed by atoms with Crippen LogP contribution in [-0.4, -0.2) is 38.4 Å². The van der Waals surface area contributed by atoms with Gasteiger partial charge < -0.3 is 9.47 Å². The predicted octanol–water partition coefficient (Wildman–Crippen LogP) is 4.08. The monoisotopic (exact) mass is 445 g/mol. The summed E-state index contributed by atoms with van der Waals surface area (Å²) < 4.78 is 60.5. The van der Waals surface area contributed by atoms with E-state index in [2.05, 4.69) is 4.74 Å². The number of sulfonamides is 1. The van der Waals surface area contributed by atoms with Crippen LogP contribution in [0.1, 0.15) is 28.8 Å². The van der Waals surface area contributed by atoms with Gasteiger partial charge in [0.05, 0.1) is 15.5 Å². The van der Waals surface area contributed by atoms with Gasteiger partial charge in [0.1, 0.15) is 12.4 Å². The van der Waals surface area contributed by atoms with E-state index in [9.17, 15) is 22.0 Å². The number of benzene rings is 2. The highest BCUT2D eigenvalue weighted by atomic mass is 35.5. The molecule has 0 radical (unpaired) electrons. The lowest BCUT2D eigenvalue weighted by atomic mass is 10.2. The fourth-order valence-electron chi connectivity index (χ4n) is 2.89. The highest BCUT2D eigenvalue weighted by Crippen LogP contribution is 2.26. The van der Waals surface area contributed by atoms with Gasteiger partial charge in [0.25, 0.3) is 0 Å². The maximum absolute atomic E-state index is 12.7. The summed E-state index contributed by atoms with van der Waals surface area (Å²) in [5.74, 6) is -0.806. The zero-order chi connectivity index (χ0) is 21.0. The van der Waals surface area contributed by atoms with Gasteiger partial charge in [-0.25, -0.2) is 13.2 Å². The van der Waals surface area contributed by atoms with Crippen LogP contribution in [0.15, 0.2) is 47.4 Å². The molecule has 0 bridgehead atoms. The van der Waals surface area contributed by atoms with E-state index in [-0.39, 0.29) is 27.8 Å². The Kier molecular flexibility index (Phi) is 6.71. The molecule has 1 aliphatic rings. The van der Waals surface area contributed by atoms with Crippen molar-refractivity contribution in [2.45, 2.75) is 31.0 Å². The van der Waals surface area contributed by atoms with Gasteiger partial charge in [-0.3, -0.25) is 0 Å². The minimum Gasteiger partial charge on any atom is -0.457 e. The summed E-state index contributed by atoms with van der Waals surface area (Å²) in [6.07, 6.45) is 1.59. The molecule has 0 aromatic heterocycles. The highest BCUT2D eigenvalue weighted by molar-refractivity contribution is 7.89. The quantitative estimate of drug-likeness (QED) is 0.600. The first-order valence-electron chi connectivity index (χ1n) is 8.78. The summed E-state index contributed by atoms with van der Waals surface area (Å²) in [7, 11) is -3.70. The molecular weight excluding hydrogens is 428 g/mol. The molecule has 1 aliphatic heterocycles. The van der Waals surface area contributed by atoms with Crippen molar-refractivity contribution in [3.05, 3.63) is 58.6 Å². The second-order valence-corrected chi connectivity index (χ2v) is 8.70. The van der Waals surface area contributed by atoms with E-state index < -0.39 is 22.6 Å². The topological polar surface area (TPSA) is 72.9 Å². The van der Waals surface area contributed by atoms with Crippen LogP contribution < -0.4 is 4.74 Å². The lowest BCUT2D eigenvalue weighted by molar-refractivity contribution is -0.0498. The Hall–Kier alpha value is -2.23. The molecule has 6 nitrogen and oxygen atoms in total. The van der Waals surface area contributed by atoms with E-state index in [1.165, 1.54) is 46.8 Å². The van der Waals surface area contributed by atoms with Crippen LogP contribution >= 0.6 is 11.6 Å². The fourth-order valence-corrected chi connectivity index (χ4v) is 4.63. The second kappa shape index (κ2) is 9.06. The smallest absolute Gasteiger partial charge is 0.387 e. The van der Waals surface area contributed by atoms with E-state index >= 15 is 0 Å². The van der Waals surface area contributed by atoms with Crippen molar-refractivity contribution < 1.29 is 31.5 Å². The summed E-state index contributed by atoms with van der Waals surface area (Å²) in [5.41, 5.74) is 0.474. The molecule has 1 saturated heterocycles.